The van der Waals surface area contributed by atoms with Gasteiger partial charge in [0.05, 0.1) is 24.3 Å². The lowest BCUT2D eigenvalue weighted by atomic mass is 9.95. The number of methoxy groups -OCH3 is 1. The van der Waals surface area contributed by atoms with Crippen molar-refractivity contribution in [1.82, 2.24) is 4.90 Å². The van der Waals surface area contributed by atoms with E-state index < -0.39 is 23.5 Å². The fraction of sp³-hybridized carbons (Fsp3) is 0.304. The zero-order valence-corrected chi connectivity index (χ0v) is 17.1. The number of benzene rings is 2. The summed E-state index contributed by atoms with van der Waals surface area (Å²) in [5.41, 5.74) is 0.270. The van der Waals surface area contributed by atoms with Crippen LogP contribution in [0, 0.1) is 5.82 Å². The Morgan fingerprint density at radius 1 is 1.17 bits per heavy atom. The monoisotopic (exact) mass is 413 g/mol. The van der Waals surface area contributed by atoms with E-state index in [2.05, 4.69) is 0 Å². The van der Waals surface area contributed by atoms with Gasteiger partial charge in [0.15, 0.2) is 0 Å². The molecule has 0 spiro atoms. The van der Waals surface area contributed by atoms with Crippen LogP contribution >= 0.6 is 0 Å². The first-order valence-electron chi connectivity index (χ1n) is 9.64. The molecule has 0 bridgehead atoms. The van der Waals surface area contributed by atoms with Crippen molar-refractivity contribution in [2.75, 3.05) is 20.3 Å². The van der Waals surface area contributed by atoms with Gasteiger partial charge in [-0.1, -0.05) is 30.3 Å². The number of amides is 1. The van der Waals surface area contributed by atoms with Gasteiger partial charge < -0.3 is 19.5 Å². The molecule has 1 N–H and O–H groups in total. The third-order valence-corrected chi connectivity index (χ3v) is 4.76. The number of rotatable bonds is 7. The number of Topliss-reactive ketones (excluding diaryl/α,β-unsaturated/α-hetero) is 1. The summed E-state index contributed by atoms with van der Waals surface area (Å²) in [6, 6.07) is 11.4. The van der Waals surface area contributed by atoms with Crippen LogP contribution in [-0.2, 0) is 14.3 Å². The van der Waals surface area contributed by atoms with Crippen molar-refractivity contribution in [3.05, 3.63) is 71.0 Å². The number of ether oxygens (including phenoxy) is 2. The average molecular weight is 413 g/mol. The molecule has 30 heavy (non-hydrogen) atoms. The van der Waals surface area contributed by atoms with Gasteiger partial charge in [-0.25, -0.2) is 4.39 Å². The average Bonchev–Trinajstić information content (AvgIpc) is 2.96. The standard InChI is InChI=1S/C23H24FNO5/c1-14(2)30-16-8-6-7-15(13-16)21(26)19-20(17-9-4-5-10-18(17)24)25(11-12-29-3)23(28)22(19)27/h4-10,13-14,20,26H,11-12H2,1-3H3/b21-19-. The van der Waals surface area contributed by atoms with Gasteiger partial charge in [-0.3, -0.25) is 9.59 Å². The molecule has 1 heterocycles. The highest BCUT2D eigenvalue weighted by Gasteiger charge is 2.46. The Kier molecular flexibility index (Phi) is 6.52. The molecule has 3 rings (SSSR count). The maximum Gasteiger partial charge on any atom is 0.295 e. The third-order valence-electron chi connectivity index (χ3n) is 4.76. The molecular formula is C23H24FNO5. The molecule has 0 saturated carbocycles. The Morgan fingerprint density at radius 3 is 2.57 bits per heavy atom. The predicted molar refractivity (Wildman–Crippen MR) is 109 cm³/mol. The Morgan fingerprint density at radius 2 is 1.90 bits per heavy atom. The Balaban J connectivity index is 2.15. The number of aliphatic hydroxyl groups is 1. The van der Waals surface area contributed by atoms with Crippen LogP contribution in [0.15, 0.2) is 54.1 Å². The van der Waals surface area contributed by atoms with Crippen molar-refractivity contribution in [3.8, 4) is 5.75 Å². The molecule has 0 radical (unpaired) electrons. The van der Waals surface area contributed by atoms with Gasteiger partial charge >= 0.3 is 0 Å². The number of hydrogen-bond donors (Lipinski definition) is 1. The minimum Gasteiger partial charge on any atom is -0.507 e. The number of ketones is 1. The smallest absolute Gasteiger partial charge is 0.295 e. The summed E-state index contributed by atoms with van der Waals surface area (Å²) in [5, 5.41) is 11.0. The van der Waals surface area contributed by atoms with Gasteiger partial charge in [-0.15, -0.1) is 0 Å². The highest BCUT2D eigenvalue weighted by Crippen LogP contribution is 2.40. The number of carbonyl (C=O) groups is 2. The molecule has 0 aliphatic carbocycles. The Labute approximate surface area is 174 Å². The van der Waals surface area contributed by atoms with E-state index in [0.717, 1.165) is 0 Å². The molecule has 2 aromatic rings. The molecule has 1 fully saturated rings. The molecule has 0 aromatic heterocycles. The number of likely N-dealkylation sites (tertiary alicyclic amines) is 1. The minimum atomic E-state index is -1.06. The lowest BCUT2D eigenvalue weighted by Crippen LogP contribution is -2.33. The number of aliphatic hydroxyl groups excluding tert-OH is 1. The summed E-state index contributed by atoms with van der Waals surface area (Å²) < 4.78 is 25.3. The van der Waals surface area contributed by atoms with E-state index >= 15 is 0 Å². The second-order valence-corrected chi connectivity index (χ2v) is 7.20. The maximum absolute atomic E-state index is 14.6. The predicted octanol–water partition coefficient (Wildman–Crippen LogP) is 3.68. The zero-order valence-electron chi connectivity index (χ0n) is 17.1. The van der Waals surface area contributed by atoms with Crippen LogP contribution in [0.3, 0.4) is 0 Å². The van der Waals surface area contributed by atoms with Gasteiger partial charge in [0.1, 0.15) is 17.3 Å². The van der Waals surface area contributed by atoms with Crippen LogP contribution in [0.4, 0.5) is 4.39 Å². The van der Waals surface area contributed by atoms with Crippen molar-refractivity contribution < 1.29 is 28.6 Å². The van der Waals surface area contributed by atoms with E-state index in [0.29, 0.717) is 11.3 Å². The molecule has 158 valence electrons. The fourth-order valence-corrected chi connectivity index (χ4v) is 3.46. The lowest BCUT2D eigenvalue weighted by molar-refractivity contribution is -0.140. The number of carbonyl (C=O) groups excluding carboxylic acids is 2. The van der Waals surface area contributed by atoms with Crippen LogP contribution in [-0.4, -0.2) is 48.1 Å². The lowest BCUT2D eigenvalue weighted by Gasteiger charge is -2.25. The van der Waals surface area contributed by atoms with Crippen molar-refractivity contribution in [3.63, 3.8) is 0 Å². The topological polar surface area (TPSA) is 76.1 Å². The first-order valence-corrected chi connectivity index (χ1v) is 9.64. The Hall–Kier alpha value is -3.19. The highest BCUT2D eigenvalue weighted by atomic mass is 19.1. The molecule has 1 aliphatic heterocycles. The summed E-state index contributed by atoms with van der Waals surface area (Å²) in [4.78, 5) is 26.8. The van der Waals surface area contributed by atoms with E-state index in [-0.39, 0.29) is 36.2 Å². The number of nitrogens with zero attached hydrogens (tertiary/aromatic N) is 1. The molecule has 6 nitrogen and oxygen atoms in total. The molecule has 7 heteroatoms. The molecule has 1 unspecified atom stereocenters. The van der Waals surface area contributed by atoms with E-state index in [1.54, 1.807) is 30.3 Å². The summed E-state index contributed by atoms with van der Waals surface area (Å²) in [7, 11) is 1.47. The largest absolute Gasteiger partial charge is 0.507 e. The molecule has 1 aliphatic rings. The van der Waals surface area contributed by atoms with Crippen LogP contribution in [0.1, 0.15) is 31.0 Å². The molecule has 1 atom stereocenters. The molecular weight excluding hydrogens is 389 g/mol. The van der Waals surface area contributed by atoms with E-state index in [9.17, 15) is 19.1 Å². The van der Waals surface area contributed by atoms with E-state index in [1.165, 1.54) is 30.2 Å². The summed E-state index contributed by atoms with van der Waals surface area (Å²) in [5.74, 6) is -2.13. The van der Waals surface area contributed by atoms with E-state index in [1.807, 2.05) is 13.8 Å². The van der Waals surface area contributed by atoms with Crippen LogP contribution in [0.25, 0.3) is 5.76 Å². The van der Waals surface area contributed by atoms with Crippen molar-refractivity contribution in [1.29, 1.82) is 0 Å². The number of hydrogen-bond acceptors (Lipinski definition) is 5. The third kappa shape index (κ3) is 4.21. The summed E-state index contributed by atoms with van der Waals surface area (Å²) >= 11 is 0. The van der Waals surface area contributed by atoms with Crippen molar-refractivity contribution >= 4 is 17.4 Å². The van der Waals surface area contributed by atoms with Crippen LogP contribution in [0.5, 0.6) is 5.75 Å². The van der Waals surface area contributed by atoms with Gasteiger partial charge in [-0.05, 0) is 32.0 Å². The first kappa shape index (κ1) is 21.5. The number of halogens is 1. The fourth-order valence-electron chi connectivity index (χ4n) is 3.46. The van der Waals surface area contributed by atoms with Gasteiger partial charge in [-0.2, -0.15) is 0 Å². The Bertz CT molecular complexity index is 985. The minimum absolute atomic E-state index is 0.0767. The van der Waals surface area contributed by atoms with Crippen molar-refractivity contribution in [2.45, 2.75) is 26.0 Å². The molecule has 1 amide bonds. The summed E-state index contributed by atoms with van der Waals surface area (Å²) in [6.07, 6.45) is -0.0829. The molecule has 1 saturated heterocycles. The second kappa shape index (κ2) is 9.09. The van der Waals surface area contributed by atoms with Crippen LogP contribution in [0.2, 0.25) is 0 Å². The maximum atomic E-state index is 14.6. The highest BCUT2D eigenvalue weighted by molar-refractivity contribution is 6.46. The van der Waals surface area contributed by atoms with Crippen molar-refractivity contribution in [2.24, 2.45) is 0 Å². The van der Waals surface area contributed by atoms with Crippen LogP contribution < -0.4 is 4.74 Å². The van der Waals surface area contributed by atoms with Gasteiger partial charge in [0.2, 0.25) is 0 Å². The quantitative estimate of drug-likeness (QED) is 0.426. The molecule has 2 aromatic carbocycles. The summed E-state index contributed by atoms with van der Waals surface area (Å²) in [6.45, 7) is 3.97. The second-order valence-electron chi connectivity index (χ2n) is 7.20. The van der Waals surface area contributed by atoms with E-state index in [4.69, 9.17) is 9.47 Å². The first-order chi connectivity index (χ1) is 14.3. The SMILES string of the molecule is COCCN1C(=O)C(=O)/C(=C(\O)c2cccc(OC(C)C)c2)C1c1ccccc1F. The van der Waals surface area contributed by atoms with Gasteiger partial charge in [0, 0.05) is 24.8 Å². The van der Waals surface area contributed by atoms with Gasteiger partial charge in [0.25, 0.3) is 11.7 Å². The zero-order chi connectivity index (χ0) is 21.8. The normalized spacial score (nSPS) is 18.3.